The SMILES string of the molecule is Cc1noc(CCC(=O)Nc2ccc(Cl)c(C(F)(F)F)c2)n1. The van der Waals surface area contributed by atoms with E-state index in [0.717, 1.165) is 12.1 Å². The van der Waals surface area contributed by atoms with E-state index in [9.17, 15) is 18.0 Å². The minimum absolute atomic E-state index is 0.00557. The lowest BCUT2D eigenvalue weighted by molar-refractivity contribution is -0.137. The molecule has 0 aliphatic heterocycles. The number of nitrogens with one attached hydrogen (secondary N) is 1. The normalized spacial score (nSPS) is 11.5. The molecule has 2 rings (SSSR count). The highest BCUT2D eigenvalue weighted by Crippen LogP contribution is 2.36. The molecule has 0 bridgehead atoms. The Morgan fingerprint density at radius 2 is 2.14 bits per heavy atom. The van der Waals surface area contributed by atoms with Crippen molar-refractivity contribution in [2.45, 2.75) is 25.9 Å². The van der Waals surface area contributed by atoms with Crippen molar-refractivity contribution in [1.82, 2.24) is 10.1 Å². The van der Waals surface area contributed by atoms with Gasteiger partial charge in [-0.1, -0.05) is 16.8 Å². The predicted octanol–water partition coefficient (Wildman–Crippen LogP) is 3.62. The van der Waals surface area contributed by atoms with E-state index in [1.807, 2.05) is 0 Å². The molecule has 0 saturated heterocycles. The van der Waals surface area contributed by atoms with Gasteiger partial charge in [0, 0.05) is 18.5 Å². The van der Waals surface area contributed by atoms with Crippen LogP contribution in [0.5, 0.6) is 0 Å². The number of rotatable bonds is 4. The van der Waals surface area contributed by atoms with Gasteiger partial charge in [-0.05, 0) is 25.1 Å². The van der Waals surface area contributed by atoms with Gasteiger partial charge in [-0.2, -0.15) is 18.2 Å². The first-order valence-electron chi connectivity index (χ1n) is 6.21. The number of carbonyl (C=O) groups excluding carboxylic acids is 1. The molecule has 0 spiro atoms. The highest BCUT2D eigenvalue weighted by atomic mass is 35.5. The fraction of sp³-hybridized carbons (Fsp3) is 0.308. The van der Waals surface area contributed by atoms with Crippen LogP contribution in [0.25, 0.3) is 0 Å². The lowest BCUT2D eigenvalue weighted by Crippen LogP contribution is -2.14. The van der Waals surface area contributed by atoms with E-state index in [0.29, 0.717) is 11.7 Å². The topological polar surface area (TPSA) is 68.0 Å². The predicted molar refractivity (Wildman–Crippen MR) is 72.4 cm³/mol. The van der Waals surface area contributed by atoms with E-state index in [-0.39, 0.29) is 18.5 Å². The van der Waals surface area contributed by atoms with E-state index < -0.39 is 22.7 Å². The molecule has 9 heteroatoms. The molecule has 0 unspecified atom stereocenters. The van der Waals surface area contributed by atoms with Gasteiger partial charge >= 0.3 is 6.18 Å². The van der Waals surface area contributed by atoms with Crippen LogP contribution in [0.15, 0.2) is 22.7 Å². The van der Waals surface area contributed by atoms with Gasteiger partial charge < -0.3 is 9.84 Å². The highest BCUT2D eigenvalue weighted by molar-refractivity contribution is 6.31. The van der Waals surface area contributed by atoms with Crippen LogP contribution in [0.2, 0.25) is 5.02 Å². The van der Waals surface area contributed by atoms with Gasteiger partial charge in [-0.25, -0.2) is 0 Å². The number of carbonyl (C=O) groups is 1. The maximum atomic E-state index is 12.7. The third kappa shape index (κ3) is 4.20. The van der Waals surface area contributed by atoms with Crippen LogP contribution in [-0.2, 0) is 17.4 Å². The third-order valence-electron chi connectivity index (χ3n) is 2.69. The molecule has 1 aromatic carbocycles. The molecule has 118 valence electrons. The van der Waals surface area contributed by atoms with Crippen molar-refractivity contribution in [1.29, 1.82) is 0 Å². The van der Waals surface area contributed by atoms with E-state index >= 15 is 0 Å². The zero-order valence-electron chi connectivity index (χ0n) is 11.4. The largest absolute Gasteiger partial charge is 0.417 e. The Labute approximate surface area is 128 Å². The second kappa shape index (κ2) is 6.35. The monoisotopic (exact) mass is 333 g/mol. The molecule has 1 aromatic heterocycles. The molecule has 0 aliphatic carbocycles. The molecule has 1 amide bonds. The summed E-state index contributed by atoms with van der Waals surface area (Å²) in [6.07, 6.45) is -4.38. The number of nitrogens with zero attached hydrogens (tertiary/aromatic N) is 2. The minimum atomic E-state index is -4.58. The number of anilines is 1. The molecule has 1 N–H and O–H groups in total. The van der Waals surface area contributed by atoms with Crippen molar-refractivity contribution < 1.29 is 22.5 Å². The van der Waals surface area contributed by atoms with Gasteiger partial charge in [-0.15, -0.1) is 0 Å². The quantitative estimate of drug-likeness (QED) is 0.927. The van der Waals surface area contributed by atoms with Crippen LogP contribution in [-0.4, -0.2) is 16.0 Å². The van der Waals surface area contributed by atoms with E-state index in [2.05, 4.69) is 15.5 Å². The summed E-state index contributed by atoms with van der Waals surface area (Å²) < 4.78 is 43.0. The zero-order chi connectivity index (χ0) is 16.3. The first kappa shape index (κ1) is 16.3. The standard InChI is InChI=1S/C13H11ClF3N3O2/c1-7-18-12(22-20-7)5-4-11(21)19-8-2-3-10(14)9(6-8)13(15,16)17/h2-3,6H,4-5H2,1H3,(H,19,21). The van der Waals surface area contributed by atoms with E-state index in [1.165, 1.54) is 6.07 Å². The Hall–Kier alpha value is -2.09. The van der Waals surface area contributed by atoms with Gasteiger partial charge in [0.2, 0.25) is 11.8 Å². The van der Waals surface area contributed by atoms with Crippen molar-refractivity contribution in [3.05, 3.63) is 40.5 Å². The van der Waals surface area contributed by atoms with Crippen LogP contribution in [0.4, 0.5) is 18.9 Å². The Balaban J connectivity index is 1.99. The van der Waals surface area contributed by atoms with Crippen LogP contribution >= 0.6 is 11.6 Å². The maximum Gasteiger partial charge on any atom is 0.417 e. The lowest BCUT2D eigenvalue weighted by Gasteiger charge is -2.11. The zero-order valence-corrected chi connectivity index (χ0v) is 12.1. The van der Waals surface area contributed by atoms with Gasteiger partial charge in [0.25, 0.3) is 0 Å². The molecular formula is C13H11ClF3N3O2. The smallest absolute Gasteiger partial charge is 0.339 e. The molecule has 22 heavy (non-hydrogen) atoms. The summed E-state index contributed by atoms with van der Waals surface area (Å²) in [5.74, 6) is 0.272. The molecule has 0 atom stereocenters. The number of hydrogen-bond donors (Lipinski definition) is 1. The van der Waals surface area contributed by atoms with E-state index in [1.54, 1.807) is 6.92 Å². The number of alkyl halides is 3. The molecule has 0 fully saturated rings. The molecule has 5 nitrogen and oxygen atoms in total. The van der Waals surface area contributed by atoms with Crippen LogP contribution in [0.1, 0.15) is 23.7 Å². The first-order chi connectivity index (χ1) is 10.3. The van der Waals surface area contributed by atoms with Crippen LogP contribution in [0, 0.1) is 6.92 Å². The van der Waals surface area contributed by atoms with E-state index in [4.69, 9.17) is 16.1 Å². The Morgan fingerprint density at radius 1 is 1.41 bits per heavy atom. The Morgan fingerprint density at radius 3 is 2.73 bits per heavy atom. The Bertz CT molecular complexity index is 685. The van der Waals surface area contributed by atoms with Crippen molar-refractivity contribution in [2.75, 3.05) is 5.32 Å². The summed E-state index contributed by atoms with van der Waals surface area (Å²) in [4.78, 5) is 15.6. The van der Waals surface area contributed by atoms with Gasteiger partial charge in [0.1, 0.15) is 0 Å². The molecule has 0 saturated carbocycles. The van der Waals surface area contributed by atoms with Crippen molar-refractivity contribution in [2.24, 2.45) is 0 Å². The molecule has 1 heterocycles. The average Bonchev–Trinajstić information content (AvgIpc) is 2.83. The summed E-state index contributed by atoms with van der Waals surface area (Å²) in [6, 6.07) is 3.17. The van der Waals surface area contributed by atoms with Crippen molar-refractivity contribution in [3.8, 4) is 0 Å². The number of benzene rings is 1. The van der Waals surface area contributed by atoms with Crippen molar-refractivity contribution >= 4 is 23.2 Å². The number of amides is 1. The molecule has 0 aliphatic rings. The number of aromatic nitrogens is 2. The van der Waals surface area contributed by atoms with Crippen LogP contribution < -0.4 is 5.32 Å². The summed E-state index contributed by atoms with van der Waals surface area (Å²) in [7, 11) is 0. The summed E-state index contributed by atoms with van der Waals surface area (Å²) in [6.45, 7) is 1.64. The highest BCUT2D eigenvalue weighted by Gasteiger charge is 2.33. The van der Waals surface area contributed by atoms with Gasteiger partial charge in [-0.3, -0.25) is 4.79 Å². The number of aryl methyl sites for hydroxylation is 2. The molecule has 0 radical (unpaired) electrons. The first-order valence-corrected chi connectivity index (χ1v) is 6.59. The van der Waals surface area contributed by atoms with Crippen molar-refractivity contribution in [3.63, 3.8) is 0 Å². The maximum absolute atomic E-state index is 12.7. The number of hydrogen-bond acceptors (Lipinski definition) is 4. The minimum Gasteiger partial charge on any atom is -0.339 e. The lowest BCUT2D eigenvalue weighted by atomic mass is 10.2. The fourth-order valence-corrected chi connectivity index (χ4v) is 1.93. The van der Waals surface area contributed by atoms with Gasteiger partial charge in [0.15, 0.2) is 5.82 Å². The summed E-state index contributed by atoms with van der Waals surface area (Å²) in [5.41, 5.74) is -0.983. The molecule has 2 aromatic rings. The summed E-state index contributed by atoms with van der Waals surface area (Å²) in [5, 5.41) is 5.52. The second-order valence-electron chi connectivity index (χ2n) is 4.48. The fourth-order valence-electron chi connectivity index (χ4n) is 1.71. The van der Waals surface area contributed by atoms with Crippen LogP contribution in [0.3, 0.4) is 0 Å². The summed E-state index contributed by atoms with van der Waals surface area (Å²) >= 11 is 5.50. The second-order valence-corrected chi connectivity index (χ2v) is 4.88. The number of halogens is 4. The third-order valence-corrected chi connectivity index (χ3v) is 3.02. The molecular weight excluding hydrogens is 323 g/mol. The van der Waals surface area contributed by atoms with Gasteiger partial charge in [0.05, 0.1) is 10.6 Å². The average molecular weight is 334 g/mol. The Kier molecular flexibility index (Phi) is 4.70.